The molecule has 0 radical (unpaired) electrons. The highest BCUT2D eigenvalue weighted by molar-refractivity contribution is 6.30. The van der Waals surface area contributed by atoms with E-state index < -0.39 is 0 Å². The molecule has 27 heavy (non-hydrogen) atoms. The Morgan fingerprint density at radius 2 is 1.74 bits per heavy atom. The van der Waals surface area contributed by atoms with Gasteiger partial charge >= 0.3 is 0 Å². The zero-order valence-corrected chi connectivity index (χ0v) is 15.1. The first-order valence-electron chi connectivity index (χ1n) is 8.25. The third kappa shape index (κ3) is 5.59. The molecule has 0 saturated heterocycles. The highest BCUT2D eigenvalue weighted by atomic mass is 35.5. The van der Waals surface area contributed by atoms with Gasteiger partial charge in [-0.05, 0) is 53.6 Å². The first-order valence-corrected chi connectivity index (χ1v) is 8.63. The van der Waals surface area contributed by atoms with Crippen molar-refractivity contribution < 1.29 is 14.0 Å². The molecule has 1 aromatic heterocycles. The molecule has 0 aliphatic heterocycles. The Labute approximate surface area is 161 Å². The van der Waals surface area contributed by atoms with Crippen LogP contribution in [-0.4, -0.2) is 11.8 Å². The van der Waals surface area contributed by atoms with E-state index in [0.717, 1.165) is 11.1 Å². The van der Waals surface area contributed by atoms with Crippen LogP contribution in [0.15, 0.2) is 77.4 Å². The molecule has 0 bridgehead atoms. The molecule has 136 valence electrons. The summed E-state index contributed by atoms with van der Waals surface area (Å²) in [6, 6.07) is 17.7. The Morgan fingerprint density at radius 1 is 1.00 bits per heavy atom. The highest BCUT2D eigenvalue weighted by Crippen LogP contribution is 2.12. The second-order valence-electron chi connectivity index (χ2n) is 5.73. The Kier molecular flexibility index (Phi) is 6.07. The number of carbonyl (C=O) groups excluding carboxylic acids is 2. The lowest BCUT2D eigenvalue weighted by Crippen LogP contribution is -2.20. The van der Waals surface area contributed by atoms with Crippen molar-refractivity contribution in [1.29, 1.82) is 0 Å². The number of rotatable bonds is 6. The Hall–Kier alpha value is -3.31. The van der Waals surface area contributed by atoms with E-state index in [2.05, 4.69) is 10.6 Å². The fourth-order valence-corrected chi connectivity index (χ4v) is 2.43. The summed E-state index contributed by atoms with van der Waals surface area (Å²) in [5.74, 6) is -0.257. The topological polar surface area (TPSA) is 71.3 Å². The van der Waals surface area contributed by atoms with Crippen LogP contribution in [0.25, 0.3) is 6.08 Å². The molecule has 0 fully saturated rings. The van der Waals surface area contributed by atoms with Gasteiger partial charge in [0.05, 0.1) is 6.26 Å². The SMILES string of the molecule is O=C(/C=C/c1ccc(Cl)cc1)NCc1ccc(NC(=O)c2ccco2)cc1. The third-order valence-corrected chi connectivity index (χ3v) is 3.97. The Morgan fingerprint density at radius 3 is 2.41 bits per heavy atom. The van der Waals surface area contributed by atoms with Crippen LogP contribution in [0.2, 0.25) is 5.02 Å². The molecule has 3 aromatic rings. The van der Waals surface area contributed by atoms with Crippen LogP contribution in [0.5, 0.6) is 0 Å². The van der Waals surface area contributed by atoms with E-state index in [-0.39, 0.29) is 17.6 Å². The number of benzene rings is 2. The number of furan rings is 1. The van der Waals surface area contributed by atoms with Gasteiger partial charge in [-0.25, -0.2) is 0 Å². The minimum atomic E-state index is -0.312. The highest BCUT2D eigenvalue weighted by Gasteiger charge is 2.08. The lowest BCUT2D eigenvalue weighted by molar-refractivity contribution is -0.116. The van der Waals surface area contributed by atoms with Crippen LogP contribution in [0.4, 0.5) is 5.69 Å². The molecule has 0 aliphatic carbocycles. The van der Waals surface area contributed by atoms with Gasteiger partial charge < -0.3 is 15.1 Å². The number of carbonyl (C=O) groups is 2. The summed E-state index contributed by atoms with van der Waals surface area (Å²) in [4.78, 5) is 23.8. The maximum absolute atomic E-state index is 11.9. The summed E-state index contributed by atoms with van der Waals surface area (Å²) in [7, 11) is 0. The molecule has 1 heterocycles. The maximum atomic E-state index is 11.9. The molecule has 0 spiro atoms. The van der Waals surface area contributed by atoms with Crippen molar-refractivity contribution in [2.24, 2.45) is 0 Å². The largest absolute Gasteiger partial charge is 0.459 e. The molecule has 2 N–H and O–H groups in total. The minimum absolute atomic E-state index is 0.194. The second kappa shape index (κ2) is 8.87. The van der Waals surface area contributed by atoms with Gasteiger partial charge in [0.15, 0.2) is 5.76 Å². The van der Waals surface area contributed by atoms with Crippen LogP contribution in [0, 0.1) is 0 Å². The quantitative estimate of drug-likeness (QED) is 0.618. The fraction of sp³-hybridized carbons (Fsp3) is 0.0476. The molecule has 0 saturated carbocycles. The van der Waals surface area contributed by atoms with E-state index in [1.54, 1.807) is 42.5 Å². The average Bonchev–Trinajstić information content (AvgIpc) is 3.22. The van der Waals surface area contributed by atoms with E-state index >= 15 is 0 Å². The van der Waals surface area contributed by atoms with Gasteiger partial charge in [-0.1, -0.05) is 35.9 Å². The van der Waals surface area contributed by atoms with E-state index in [1.165, 1.54) is 12.3 Å². The van der Waals surface area contributed by atoms with E-state index in [4.69, 9.17) is 16.0 Å². The van der Waals surface area contributed by atoms with Crippen molar-refractivity contribution in [3.63, 3.8) is 0 Å². The minimum Gasteiger partial charge on any atom is -0.459 e. The molecular weight excluding hydrogens is 364 g/mol. The van der Waals surface area contributed by atoms with Gasteiger partial charge in [0, 0.05) is 23.3 Å². The van der Waals surface area contributed by atoms with E-state index in [1.807, 2.05) is 24.3 Å². The second-order valence-corrected chi connectivity index (χ2v) is 6.17. The Bertz CT molecular complexity index is 931. The fourth-order valence-electron chi connectivity index (χ4n) is 2.30. The predicted molar refractivity (Wildman–Crippen MR) is 105 cm³/mol. The number of halogens is 1. The first kappa shape index (κ1) is 18.5. The molecule has 0 unspecified atom stereocenters. The summed E-state index contributed by atoms with van der Waals surface area (Å²) >= 11 is 5.83. The smallest absolute Gasteiger partial charge is 0.291 e. The van der Waals surface area contributed by atoms with Crippen LogP contribution in [0.1, 0.15) is 21.7 Å². The monoisotopic (exact) mass is 380 g/mol. The molecule has 2 aromatic carbocycles. The summed E-state index contributed by atoms with van der Waals surface area (Å²) in [5.41, 5.74) is 2.46. The zero-order valence-electron chi connectivity index (χ0n) is 14.3. The third-order valence-electron chi connectivity index (χ3n) is 3.72. The standard InChI is InChI=1S/C21H17ClN2O3/c22-17-8-3-15(4-9-17)7-12-20(25)23-14-16-5-10-18(11-6-16)24-21(26)19-2-1-13-27-19/h1-13H,14H2,(H,23,25)(H,24,26)/b12-7+. The molecule has 6 heteroatoms. The van der Waals surface area contributed by atoms with Crippen LogP contribution < -0.4 is 10.6 Å². The number of hydrogen-bond donors (Lipinski definition) is 2. The lowest BCUT2D eigenvalue weighted by atomic mass is 10.2. The van der Waals surface area contributed by atoms with Gasteiger partial charge in [-0.3, -0.25) is 9.59 Å². The summed E-state index contributed by atoms with van der Waals surface area (Å²) in [5, 5.41) is 6.20. The van der Waals surface area contributed by atoms with Gasteiger partial charge in [0.2, 0.25) is 5.91 Å². The van der Waals surface area contributed by atoms with Crippen LogP contribution >= 0.6 is 11.6 Å². The van der Waals surface area contributed by atoms with Crippen LogP contribution in [0.3, 0.4) is 0 Å². The van der Waals surface area contributed by atoms with Gasteiger partial charge in [-0.2, -0.15) is 0 Å². The van der Waals surface area contributed by atoms with Crippen molar-refractivity contribution in [2.75, 3.05) is 5.32 Å². The summed E-state index contributed by atoms with van der Waals surface area (Å²) in [6.45, 7) is 0.385. The molecule has 3 rings (SSSR count). The van der Waals surface area contributed by atoms with Gasteiger partial charge in [-0.15, -0.1) is 0 Å². The van der Waals surface area contributed by atoms with E-state index in [9.17, 15) is 9.59 Å². The number of anilines is 1. The lowest BCUT2D eigenvalue weighted by Gasteiger charge is -2.06. The predicted octanol–water partition coefficient (Wildman–Crippen LogP) is 4.51. The van der Waals surface area contributed by atoms with Crippen molar-refractivity contribution in [3.05, 3.63) is 94.9 Å². The number of hydrogen-bond acceptors (Lipinski definition) is 3. The van der Waals surface area contributed by atoms with Crippen molar-refractivity contribution in [3.8, 4) is 0 Å². The van der Waals surface area contributed by atoms with E-state index in [0.29, 0.717) is 17.3 Å². The van der Waals surface area contributed by atoms with Crippen molar-refractivity contribution in [1.82, 2.24) is 5.32 Å². The molecule has 5 nitrogen and oxygen atoms in total. The van der Waals surface area contributed by atoms with Gasteiger partial charge in [0.1, 0.15) is 0 Å². The van der Waals surface area contributed by atoms with Crippen molar-refractivity contribution in [2.45, 2.75) is 6.54 Å². The average molecular weight is 381 g/mol. The molecule has 0 aliphatic rings. The van der Waals surface area contributed by atoms with Crippen LogP contribution in [-0.2, 0) is 11.3 Å². The summed E-state index contributed by atoms with van der Waals surface area (Å²) < 4.78 is 5.04. The Balaban J connectivity index is 1.48. The molecule has 0 atom stereocenters. The first-order chi connectivity index (χ1) is 13.1. The van der Waals surface area contributed by atoms with Gasteiger partial charge in [0.25, 0.3) is 5.91 Å². The van der Waals surface area contributed by atoms with Crippen molar-refractivity contribution >= 4 is 35.2 Å². The maximum Gasteiger partial charge on any atom is 0.291 e. The molecular formula is C21H17ClN2O3. The normalized spacial score (nSPS) is 10.7. The zero-order chi connectivity index (χ0) is 19.1. The number of nitrogens with one attached hydrogen (secondary N) is 2. The summed E-state index contributed by atoms with van der Waals surface area (Å²) in [6.07, 6.45) is 4.64. The molecule has 2 amide bonds. The number of amides is 2.